The zero-order valence-corrected chi connectivity index (χ0v) is 13.4. The highest BCUT2D eigenvalue weighted by Crippen LogP contribution is 2.69. The van der Waals surface area contributed by atoms with Crippen molar-refractivity contribution >= 4 is 18.1 Å². The van der Waals surface area contributed by atoms with E-state index in [0.29, 0.717) is 23.2 Å². The van der Waals surface area contributed by atoms with Gasteiger partial charge >= 0.3 is 0 Å². The maximum atomic E-state index is 12.4. The summed E-state index contributed by atoms with van der Waals surface area (Å²) < 4.78 is 2.74. The minimum absolute atomic E-state index is 0.287. The Morgan fingerprint density at radius 3 is 2.68 bits per heavy atom. The topological polar surface area (TPSA) is 62.7 Å². The third-order valence-electron chi connectivity index (χ3n) is 6.40. The second-order valence-corrected chi connectivity index (χ2v) is 8.00. The standard InChI is InChI=1S/C16H22N4OS/c21-15(13-11-9-3-4-10(7-9)12(11)13)17-5-6-20-14(8-1-2-8)18-19-16(20)22/h8-13H,1-7H2,(H,17,21)(H,19,22)/t9-,10-,11-,12-/m0/s1. The highest BCUT2D eigenvalue weighted by atomic mass is 32.1. The molecule has 1 heterocycles. The van der Waals surface area contributed by atoms with E-state index in [2.05, 4.69) is 20.1 Å². The third-order valence-corrected chi connectivity index (χ3v) is 6.71. The molecule has 4 aliphatic rings. The molecule has 4 saturated carbocycles. The Kier molecular flexibility index (Phi) is 2.82. The highest BCUT2D eigenvalue weighted by Gasteiger charge is 2.67. The van der Waals surface area contributed by atoms with Crippen molar-refractivity contribution in [2.24, 2.45) is 29.6 Å². The van der Waals surface area contributed by atoms with Crippen molar-refractivity contribution in [2.45, 2.75) is 44.6 Å². The molecule has 5 nitrogen and oxygen atoms in total. The quantitative estimate of drug-likeness (QED) is 0.818. The summed E-state index contributed by atoms with van der Waals surface area (Å²) >= 11 is 5.30. The Bertz CT molecular complexity index is 660. The smallest absolute Gasteiger partial charge is 0.223 e. The molecule has 4 aliphatic carbocycles. The van der Waals surface area contributed by atoms with Crippen molar-refractivity contribution in [3.05, 3.63) is 10.6 Å². The Morgan fingerprint density at radius 1 is 1.27 bits per heavy atom. The fraction of sp³-hybridized carbons (Fsp3) is 0.812. The Morgan fingerprint density at radius 2 is 2.00 bits per heavy atom. The Hall–Kier alpha value is -1.17. The molecular formula is C16H22N4OS. The summed E-state index contributed by atoms with van der Waals surface area (Å²) in [4.78, 5) is 12.4. The molecule has 22 heavy (non-hydrogen) atoms. The molecule has 1 aromatic rings. The number of aromatic amines is 1. The van der Waals surface area contributed by atoms with Crippen molar-refractivity contribution in [3.8, 4) is 0 Å². The van der Waals surface area contributed by atoms with Gasteiger partial charge in [0.2, 0.25) is 5.91 Å². The van der Waals surface area contributed by atoms with E-state index < -0.39 is 0 Å². The first-order valence-electron chi connectivity index (χ1n) is 8.67. The molecule has 0 aromatic carbocycles. The molecule has 118 valence electrons. The first-order chi connectivity index (χ1) is 10.7. The van der Waals surface area contributed by atoms with Gasteiger partial charge in [0.25, 0.3) is 0 Å². The van der Waals surface area contributed by atoms with Crippen LogP contribution in [-0.4, -0.2) is 27.2 Å². The number of nitrogens with one attached hydrogen (secondary N) is 2. The number of carbonyl (C=O) groups excluding carboxylic acids is 1. The van der Waals surface area contributed by atoms with Crippen LogP contribution in [0.2, 0.25) is 0 Å². The molecule has 2 N–H and O–H groups in total. The fourth-order valence-corrected chi connectivity index (χ4v) is 5.51. The van der Waals surface area contributed by atoms with Crippen LogP contribution in [0.3, 0.4) is 0 Å². The van der Waals surface area contributed by atoms with Crippen LogP contribution in [0.15, 0.2) is 0 Å². The van der Waals surface area contributed by atoms with Gasteiger partial charge < -0.3 is 9.88 Å². The number of rotatable bonds is 5. The lowest BCUT2D eigenvalue weighted by atomic mass is 10.0. The minimum atomic E-state index is 0.287. The average Bonchev–Trinajstić information content (AvgIpc) is 3.39. The number of hydrogen-bond donors (Lipinski definition) is 2. The maximum absolute atomic E-state index is 12.4. The van der Waals surface area contributed by atoms with E-state index in [1.807, 2.05) is 0 Å². The fourth-order valence-electron chi connectivity index (χ4n) is 5.28. The van der Waals surface area contributed by atoms with Crippen LogP contribution in [0.4, 0.5) is 0 Å². The van der Waals surface area contributed by atoms with E-state index in [9.17, 15) is 4.79 Å². The summed E-state index contributed by atoms with van der Waals surface area (Å²) in [6, 6.07) is 0. The van der Waals surface area contributed by atoms with Crippen LogP contribution in [0.5, 0.6) is 0 Å². The largest absolute Gasteiger partial charge is 0.354 e. The van der Waals surface area contributed by atoms with Crippen LogP contribution >= 0.6 is 12.2 Å². The zero-order chi connectivity index (χ0) is 14.8. The van der Waals surface area contributed by atoms with Gasteiger partial charge in [-0.3, -0.25) is 9.89 Å². The number of hydrogen-bond acceptors (Lipinski definition) is 3. The molecule has 5 rings (SSSR count). The van der Waals surface area contributed by atoms with E-state index in [-0.39, 0.29) is 5.91 Å². The number of aromatic nitrogens is 3. The lowest BCUT2D eigenvalue weighted by Crippen LogP contribution is -2.30. The van der Waals surface area contributed by atoms with Gasteiger partial charge in [0.1, 0.15) is 5.82 Å². The SMILES string of the molecule is O=C(NCCn1c(C2CC2)n[nH]c1=S)C1[C@H]2[C@H]3CC[C@@H](C3)[C@H]12. The van der Waals surface area contributed by atoms with E-state index in [0.717, 1.165) is 36.0 Å². The molecule has 4 atom stereocenters. The van der Waals surface area contributed by atoms with Crippen molar-refractivity contribution in [2.75, 3.05) is 6.54 Å². The van der Waals surface area contributed by atoms with Gasteiger partial charge in [-0.2, -0.15) is 5.10 Å². The van der Waals surface area contributed by atoms with Gasteiger partial charge in [0.15, 0.2) is 4.77 Å². The molecule has 2 bridgehead atoms. The minimum Gasteiger partial charge on any atom is -0.354 e. The van der Waals surface area contributed by atoms with Gasteiger partial charge in [0.05, 0.1) is 0 Å². The number of fused-ring (bicyclic) bond motifs is 5. The average molecular weight is 318 g/mol. The van der Waals surface area contributed by atoms with Gasteiger partial charge in [-0.15, -0.1) is 0 Å². The zero-order valence-electron chi connectivity index (χ0n) is 12.6. The second-order valence-electron chi connectivity index (χ2n) is 7.62. The van der Waals surface area contributed by atoms with Crippen LogP contribution < -0.4 is 5.32 Å². The monoisotopic (exact) mass is 318 g/mol. The number of amides is 1. The van der Waals surface area contributed by atoms with E-state index >= 15 is 0 Å². The summed E-state index contributed by atoms with van der Waals surface area (Å²) in [5.74, 6) is 5.40. The van der Waals surface area contributed by atoms with Crippen molar-refractivity contribution in [1.82, 2.24) is 20.1 Å². The number of H-pyrrole nitrogens is 1. The molecular weight excluding hydrogens is 296 g/mol. The Balaban J connectivity index is 1.18. The van der Waals surface area contributed by atoms with E-state index in [1.54, 1.807) is 0 Å². The summed E-state index contributed by atoms with van der Waals surface area (Å²) in [5.41, 5.74) is 0. The molecule has 0 aliphatic heterocycles. The third kappa shape index (κ3) is 1.92. The van der Waals surface area contributed by atoms with E-state index in [1.165, 1.54) is 32.1 Å². The highest BCUT2D eigenvalue weighted by molar-refractivity contribution is 7.71. The molecule has 1 aromatic heterocycles. The number of nitrogens with zero attached hydrogens (tertiary/aromatic N) is 2. The van der Waals surface area contributed by atoms with Crippen LogP contribution in [0.1, 0.15) is 43.8 Å². The molecule has 0 unspecified atom stereocenters. The second kappa shape index (κ2) is 4.66. The van der Waals surface area contributed by atoms with Gasteiger partial charge in [0, 0.05) is 24.9 Å². The number of carbonyl (C=O) groups is 1. The molecule has 0 spiro atoms. The van der Waals surface area contributed by atoms with Gasteiger partial charge in [-0.1, -0.05) is 0 Å². The van der Waals surface area contributed by atoms with Crippen LogP contribution in [-0.2, 0) is 11.3 Å². The summed E-state index contributed by atoms with van der Waals surface area (Å²) in [5, 5.41) is 10.4. The normalized spacial score (nSPS) is 38.1. The molecule has 6 heteroatoms. The molecule has 4 fully saturated rings. The lowest BCUT2D eigenvalue weighted by molar-refractivity contribution is -0.123. The Labute approximate surface area is 134 Å². The predicted octanol–water partition coefficient (Wildman–Crippen LogP) is 2.23. The predicted molar refractivity (Wildman–Crippen MR) is 83.7 cm³/mol. The maximum Gasteiger partial charge on any atom is 0.223 e. The summed E-state index contributed by atoms with van der Waals surface area (Å²) in [6.45, 7) is 1.40. The molecule has 1 amide bonds. The van der Waals surface area contributed by atoms with Crippen LogP contribution in [0.25, 0.3) is 0 Å². The first-order valence-corrected chi connectivity index (χ1v) is 9.07. The lowest BCUT2D eigenvalue weighted by Gasteiger charge is -2.10. The van der Waals surface area contributed by atoms with Gasteiger partial charge in [-0.05, 0) is 68.0 Å². The summed E-state index contributed by atoms with van der Waals surface area (Å²) in [7, 11) is 0. The van der Waals surface area contributed by atoms with Crippen LogP contribution in [0, 0.1) is 34.4 Å². The molecule has 0 saturated heterocycles. The van der Waals surface area contributed by atoms with Gasteiger partial charge in [-0.25, -0.2) is 0 Å². The molecule has 0 radical (unpaired) electrons. The van der Waals surface area contributed by atoms with E-state index in [4.69, 9.17) is 12.2 Å². The summed E-state index contributed by atoms with van der Waals surface area (Å²) in [6.07, 6.45) is 6.55. The first kappa shape index (κ1) is 13.3. The van der Waals surface area contributed by atoms with Crippen molar-refractivity contribution < 1.29 is 4.79 Å². The van der Waals surface area contributed by atoms with Crippen molar-refractivity contribution in [3.63, 3.8) is 0 Å². The van der Waals surface area contributed by atoms with Crippen molar-refractivity contribution in [1.29, 1.82) is 0 Å².